The summed E-state index contributed by atoms with van der Waals surface area (Å²) < 4.78 is 30.2. The lowest BCUT2D eigenvalue weighted by Gasteiger charge is -2.36. The van der Waals surface area contributed by atoms with Gasteiger partial charge in [-0.2, -0.15) is 4.31 Å². The number of sulfonamides is 1. The van der Waals surface area contributed by atoms with Gasteiger partial charge in [-0.25, -0.2) is 8.42 Å². The summed E-state index contributed by atoms with van der Waals surface area (Å²) in [5.74, 6) is -0.0625. The van der Waals surface area contributed by atoms with E-state index >= 15 is 0 Å². The van der Waals surface area contributed by atoms with Gasteiger partial charge in [0.25, 0.3) is 5.91 Å². The molecule has 10 heteroatoms. The quantitative estimate of drug-likeness (QED) is 0.582. The number of ether oxygens (including phenoxy) is 1. The second-order valence-electron chi connectivity index (χ2n) is 7.54. The van der Waals surface area contributed by atoms with Crippen LogP contribution in [0.1, 0.15) is 23.2 Å². The van der Waals surface area contributed by atoms with Crippen molar-refractivity contribution in [1.82, 2.24) is 14.5 Å². The van der Waals surface area contributed by atoms with Gasteiger partial charge in [0.1, 0.15) is 11.8 Å². The number of nitrogens with one attached hydrogen (secondary N) is 1. The molecule has 0 unspecified atom stereocenters. The second-order valence-corrected chi connectivity index (χ2v) is 9.52. The van der Waals surface area contributed by atoms with Crippen molar-refractivity contribution in [3.63, 3.8) is 0 Å². The Kier molecular flexibility index (Phi) is 6.76. The third-order valence-electron chi connectivity index (χ3n) is 5.22. The number of aliphatic carboxylic acids is 1. The molecule has 2 N–H and O–H groups in total. The van der Waals surface area contributed by atoms with Crippen molar-refractivity contribution in [3.05, 3.63) is 29.8 Å². The van der Waals surface area contributed by atoms with Crippen LogP contribution in [-0.4, -0.2) is 86.2 Å². The molecule has 1 aliphatic carbocycles. The molecule has 160 valence electrons. The fraction of sp³-hybridized carbons (Fsp3) is 0.579. The molecule has 0 bridgehead atoms. The molecule has 0 aromatic heterocycles. The van der Waals surface area contributed by atoms with Crippen LogP contribution in [0.25, 0.3) is 0 Å². The molecule has 1 heterocycles. The molecule has 0 spiro atoms. The Morgan fingerprint density at radius 3 is 2.31 bits per heavy atom. The van der Waals surface area contributed by atoms with Gasteiger partial charge in [0.05, 0.1) is 12.9 Å². The van der Waals surface area contributed by atoms with Gasteiger partial charge < -0.3 is 15.2 Å². The average Bonchev–Trinajstić information content (AvgIpc) is 3.51. The molecule has 2 fully saturated rings. The Hall–Kier alpha value is -2.17. The Bertz CT molecular complexity index is 830. The molecule has 1 aromatic carbocycles. The van der Waals surface area contributed by atoms with E-state index in [1.165, 1.54) is 17.1 Å². The van der Waals surface area contributed by atoms with Crippen LogP contribution in [-0.2, 0) is 14.8 Å². The van der Waals surface area contributed by atoms with Crippen LogP contribution in [0.5, 0.6) is 5.75 Å². The zero-order valence-electron chi connectivity index (χ0n) is 16.4. The van der Waals surface area contributed by atoms with Crippen LogP contribution in [0.4, 0.5) is 0 Å². The molecular formula is C19H27N3O6S. The van der Waals surface area contributed by atoms with Crippen LogP contribution in [0.3, 0.4) is 0 Å². The Labute approximate surface area is 170 Å². The fourth-order valence-corrected chi connectivity index (χ4v) is 4.04. The molecule has 29 heavy (non-hydrogen) atoms. The lowest BCUT2D eigenvalue weighted by Crippen LogP contribution is -2.56. The number of carboxylic acid groups (broad SMARTS) is 1. The zero-order valence-corrected chi connectivity index (χ0v) is 17.2. The van der Waals surface area contributed by atoms with Gasteiger partial charge in [-0.05, 0) is 43.0 Å². The van der Waals surface area contributed by atoms with Gasteiger partial charge in [0.15, 0.2) is 0 Å². The summed E-state index contributed by atoms with van der Waals surface area (Å²) in [7, 11) is -3.29. The highest BCUT2D eigenvalue weighted by atomic mass is 32.2. The lowest BCUT2D eigenvalue weighted by atomic mass is 10.1. The van der Waals surface area contributed by atoms with Crippen molar-refractivity contribution in [2.45, 2.75) is 18.9 Å². The maximum Gasteiger partial charge on any atom is 0.322 e. The summed E-state index contributed by atoms with van der Waals surface area (Å²) in [6.07, 6.45) is 3.54. The predicted octanol–water partition coefficient (Wildman–Crippen LogP) is 0.236. The number of benzene rings is 1. The van der Waals surface area contributed by atoms with Crippen molar-refractivity contribution in [1.29, 1.82) is 0 Å². The summed E-state index contributed by atoms with van der Waals surface area (Å²) in [5, 5.41) is 12.2. The summed E-state index contributed by atoms with van der Waals surface area (Å²) in [4.78, 5) is 25.7. The fourth-order valence-electron chi connectivity index (χ4n) is 3.21. The molecule has 1 aliphatic heterocycles. The van der Waals surface area contributed by atoms with E-state index in [0.29, 0.717) is 36.9 Å². The van der Waals surface area contributed by atoms with Gasteiger partial charge in [-0.3, -0.25) is 14.5 Å². The Balaban J connectivity index is 1.50. The minimum atomic E-state index is -3.29. The number of nitrogens with zero attached hydrogens (tertiary/aromatic N) is 2. The van der Waals surface area contributed by atoms with Gasteiger partial charge in [0, 0.05) is 38.3 Å². The summed E-state index contributed by atoms with van der Waals surface area (Å²) in [6, 6.07) is 5.85. The van der Waals surface area contributed by atoms with E-state index in [4.69, 9.17) is 4.74 Å². The number of piperazine rings is 1. The largest absolute Gasteiger partial charge is 0.493 e. The number of hydrogen-bond acceptors (Lipinski definition) is 6. The average molecular weight is 426 g/mol. The van der Waals surface area contributed by atoms with Crippen molar-refractivity contribution in [2.75, 3.05) is 45.6 Å². The molecule has 1 saturated heterocycles. The van der Waals surface area contributed by atoms with Gasteiger partial charge in [0.2, 0.25) is 10.0 Å². The van der Waals surface area contributed by atoms with Crippen LogP contribution in [0.15, 0.2) is 24.3 Å². The van der Waals surface area contributed by atoms with E-state index in [2.05, 4.69) is 5.32 Å². The maximum absolute atomic E-state index is 12.4. The molecule has 3 rings (SSSR count). The van der Waals surface area contributed by atoms with E-state index in [1.807, 2.05) is 0 Å². The summed E-state index contributed by atoms with van der Waals surface area (Å²) in [6.45, 7) is 1.70. The van der Waals surface area contributed by atoms with Crippen molar-refractivity contribution < 1.29 is 27.9 Å². The zero-order chi connectivity index (χ0) is 21.0. The standard InChI is InChI=1S/C19H27N3O6S/c1-29(26,27)22-10-8-21(9-11-22)17(19(24)25)12-20-18(23)15-4-6-16(7-5-15)28-13-14-2-3-14/h4-7,14,17H,2-3,8-13H2,1H3,(H,20,23)(H,24,25)/t17-/m0/s1. The summed E-state index contributed by atoms with van der Waals surface area (Å²) >= 11 is 0. The molecule has 1 atom stereocenters. The highest BCUT2D eigenvalue weighted by Crippen LogP contribution is 2.29. The number of hydrogen-bond donors (Lipinski definition) is 2. The minimum Gasteiger partial charge on any atom is -0.493 e. The molecule has 1 aromatic rings. The molecule has 0 radical (unpaired) electrons. The first-order chi connectivity index (χ1) is 13.7. The van der Waals surface area contributed by atoms with Gasteiger partial charge in [-0.15, -0.1) is 0 Å². The molecular weight excluding hydrogens is 398 g/mol. The molecule has 2 aliphatic rings. The summed E-state index contributed by atoms with van der Waals surface area (Å²) in [5.41, 5.74) is 0.426. The first-order valence-electron chi connectivity index (χ1n) is 9.67. The first kappa shape index (κ1) is 21.5. The molecule has 1 amide bonds. The van der Waals surface area contributed by atoms with E-state index in [1.54, 1.807) is 29.2 Å². The minimum absolute atomic E-state index is 0.0625. The lowest BCUT2D eigenvalue weighted by molar-refractivity contribution is -0.143. The first-order valence-corrected chi connectivity index (χ1v) is 11.5. The van der Waals surface area contributed by atoms with Crippen LogP contribution < -0.4 is 10.1 Å². The monoisotopic (exact) mass is 425 g/mol. The normalized spacial score (nSPS) is 19.5. The third-order valence-corrected chi connectivity index (χ3v) is 6.53. The number of carboxylic acids is 1. The van der Waals surface area contributed by atoms with Crippen LogP contribution in [0.2, 0.25) is 0 Å². The van der Waals surface area contributed by atoms with E-state index in [0.717, 1.165) is 6.26 Å². The highest BCUT2D eigenvalue weighted by molar-refractivity contribution is 7.88. The van der Waals surface area contributed by atoms with Crippen molar-refractivity contribution in [3.8, 4) is 5.75 Å². The number of amides is 1. The molecule has 9 nitrogen and oxygen atoms in total. The van der Waals surface area contributed by atoms with Gasteiger partial charge in [-0.1, -0.05) is 0 Å². The van der Waals surface area contributed by atoms with E-state index < -0.39 is 22.0 Å². The van der Waals surface area contributed by atoms with E-state index in [9.17, 15) is 23.1 Å². The second kappa shape index (κ2) is 9.10. The smallest absolute Gasteiger partial charge is 0.322 e. The topological polar surface area (TPSA) is 116 Å². The Morgan fingerprint density at radius 2 is 1.79 bits per heavy atom. The SMILES string of the molecule is CS(=O)(=O)N1CCN([C@@H](CNC(=O)c2ccc(OCC3CC3)cc2)C(=O)O)CC1. The predicted molar refractivity (Wildman–Crippen MR) is 106 cm³/mol. The number of carbonyl (C=O) groups excluding carboxylic acids is 1. The Morgan fingerprint density at radius 1 is 1.17 bits per heavy atom. The van der Waals surface area contributed by atoms with E-state index in [-0.39, 0.29) is 25.5 Å². The number of carbonyl (C=O) groups is 2. The van der Waals surface area contributed by atoms with Crippen molar-refractivity contribution >= 4 is 21.9 Å². The van der Waals surface area contributed by atoms with Crippen LogP contribution >= 0.6 is 0 Å². The van der Waals surface area contributed by atoms with Crippen molar-refractivity contribution in [2.24, 2.45) is 5.92 Å². The maximum atomic E-state index is 12.4. The number of rotatable bonds is 9. The highest BCUT2D eigenvalue weighted by Gasteiger charge is 2.31. The van der Waals surface area contributed by atoms with Gasteiger partial charge >= 0.3 is 5.97 Å². The third kappa shape index (κ3) is 6.15. The molecule has 1 saturated carbocycles. The van der Waals surface area contributed by atoms with Crippen LogP contribution in [0, 0.1) is 5.92 Å².